The maximum Gasteiger partial charge on any atom is 0.227 e. The molecule has 0 aromatic heterocycles. The number of benzene rings is 1. The minimum Gasteiger partial charge on any atom is -0.342 e. The van der Waals surface area contributed by atoms with Gasteiger partial charge in [-0.25, -0.2) is 0 Å². The molecule has 0 unspecified atom stereocenters. The van der Waals surface area contributed by atoms with Crippen molar-refractivity contribution in [1.29, 1.82) is 0 Å². The molecule has 2 rings (SSSR count). The van der Waals surface area contributed by atoms with Crippen LogP contribution >= 0.6 is 0 Å². The van der Waals surface area contributed by atoms with Crippen LogP contribution < -0.4 is 5.73 Å². The van der Waals surface area contributed by atoms with Crippen molar-refractivity contribution < 1.29 is 4.79 Å². The van der Waals surface area contributed by atoms with E-state index in [-0.39, 0.29) is 5.91 Å². The Morgan fingerprint density at radius 2 is 1.90 bits per heavy atom. The molecule has 3 nitrogen and oxygen atoms in total. The van der Waals surface area contributed by atoms with Crippen molar-refractivity contribution in [2.75, 3.05) is 13.1 Å². The summed E-state index contributed by atoms with van der Waals surface area (Å²) in [6.45, 7) is 6.87. The molecule has 2 N–H and O–H groups in total. The number of amides is 1. The summed E-state index contributed by atoms with van der Waals surface area (Å²) >= 11 is 0. The van der Waals surface area contributed by atoms with Gasteiger partial charge in [0.25, 0.3) is 0 Å². The summed E-state index contributed by atoms with van der Waals surface area (Å²) in [7, 11) is 0. The third-order valence-electron chi connectivity index (χ3n) is 4.37. The highest BCUT2D eigenvalue weighted by Crippen LogP contribution is 2.30. The fourth-order valence-electron chi connectivity index (χ4n) is 2.88. The Bertz CT molecular complexity index is 468. The third kappa shape index (κ3) is 3.83. The molecule has 1 aliphatic rings. The van der Waals surface area contributed by atoms with Crippen LogP contribution in [0.15, 0.2) is 24.3 Å². The topological polar surface area (TPSA) is 46.3 Å². The number of likely N-dealkylation sites (tertiary alicyclic amines) is 1. The monoisotopic (exact) mass is 274 g/mol. The minimum absolute atomic E-state index is 0.239. The van der Waals surface area contributed by atoms with E-state index < -0.39 is 0 Å². The van der Waals surface area contributed by atoms with Crippen LogP contribution in [0.3, 0.4) is 0 Å². The van der Waals surface area contributed by atoms with E-state index in [2.05, 4.69) is 13.8 Å². The maximum atomic E-state index is 12.5. The highest BCUT2D eigenvalue weighted by Gasteiger charge is 2.25. The zero-order chi connectivity index (χ0) is 14.6. The molecule has 1 heterocycles. The van der Waals surface area contributed by atoms with Gasteiger partial charge in [-0.15, -0.1) is 0 Å². The molecule has 0 spiro atoms. The van der Waals surface area contributed by atoms with Crippen molar-refractivity contribution in [3.63, 3.8) is 0 Å². The van der Waals surface area contributed by atoms with E-state index in [1.54, 1.807) is 0 Å². The molecule has 1 fully saturated rings. The Hall–Kier alpha value is -1.35. The molecule has 1 amide bonds. The van der Waals surface area contributed by atoms with Crippen LogP contribution in [0.1, 0.15) is 44.2 Å². The Balaban J connectivity index is 2.01. The molecular formula is C17H26N2O. The molecule has 3 heteroatoms. The summed E-state index contributed by atoms with van der Waals surface area (Å²) in [5.74, 6) is 0.239. The van der Waals surface area contributed by atoms with E-state index >= 15 is 0 Å². The largest absolute Gasteiger partial charge is 0.342 e. The van der Waals surface area contributed by atoms with E-state index in [0.29, 0.717) is 18.4 Å². The van der Waals surface area contributed by atoms with Crippen molar-refractivity contribution in [3.8, 4) is 0 Å². The molecular weight excluding hydrogens is 248 g/mol. The van der Waals surface area contributed by atoms with Crippen molar-refractivity contribution >= 4 is 5.91 Å². The van der Waals surface area contributed by atoms with Gasteiger partial charge in [-0.1, -0.05) is 38.1 Å². The number of nitrogens with zero attached hydrogens (tertiary/aromatic N) is 1. The zero-order valence-electron chi connectivity index (χ0n) is 12.7. The summed E-state index contributed by atoms with van der Waals surface area (Å²) in [6.07, 6.45) is 3.89. The van der Waals surface area contributed by atoms with Gasteiger partial charge in [-0.3, -0.25) is 4.79 Å². The van der Waals surface area contributed by atoms with Crippen LogP contribution in [0.5, 0.6) is 0 Å². The second kappa shape index (κ2) is 6.40. The maximum absolute atomic E-state index is 12.5. The molecule has 20 heavy (non-hydrogen) atoms. The van der Waals surface area contributed by atoms with Gasteiger partial charge in [0, 0.05) is 19.6 Å². The van der Waals surface area contributed by atoms with Gasteiger partial charge in [-0.05, 0) is 35.8 Å². The molecule has 1 saturated heterocycles. The van der Waals surface area contributed by atoms with E-state index in [1.165, 1.54) is 6.42 Å². The van der Waals surface area contributed by atoms with Crippen molar-refractivity contribution in [2.45, 2.75) is 46.1 Å². The second-order valence-corrected chi connectivity index (χ2v) is 6.55. The predicted molar refractivity (Wildman–Crippen MR) is 82.2 cm³/mol. The van der Waals surface area contributed by atoms with Gasteiger partial charge in [0.2, 0.25) is 5.91 Å². The standard InChI is InChI=1S/C17H26N2O/c1-17(2)8-5-10-19(11-9-17)16(20)12-14-6-3-4-7-15(14)13-18/h3-4,6-7H,5,8-13,18H2,1-2H3. The summed E-state index contributed by atoms with van der Waals surface area (Å²) in [4.78, 5) is 14.5. The smallest absolute Gasteiger partial charge is 0.227 e. The summed E-state index contributed by atoms with van der Waals surface area (Å²) in [6, 6.07) is 7.98. The van der Waals surface area contributed by atoms with Gasteiger partial charge >= 0.3 is 0 Å². The average molecular weight is 274 g/mol. The Morgan fingerprint density at radius 1 is 1.20 bits per heavy atom. The predicted octanol–water partition coefficient (Wildman–Crippen LogP) is 2.73. The minimum atomic E-state index is 0.239. The van der Waals surface area contributed by atoms with Crippen LogP contribution in [0.2, 0.25) is 0 Å². The van der Waals surface area contributed by atoms with Gasteiger partial charge in [0.05, 0.1) is 6.42 Å². The number of nitrogens with two attached hydrogens (primary N) is 1. The number of rotatable bonds is 3. The van der Waals surface area contributed by atoms with Crippen molar-refractivity contribution in [2.24, 2.45) is 11.1 Å². The molecule has 1 aliphatic heterocycles. The number of carbonyl (C=O) groups excluding carboxylic acids is 1. The quantitative estimate of drug-likeness (QED) is 0.921. The summed E-state index contributed by atoms with van der Waals surface area (Å²) in [5, 5.41) is 0. The fraction of sp³-hybridized carbons (Fsp3) is 0.588. The molecule has 0 saturated carbocycles. The van der Waals surface area contributed by atoms with E-state index in [0.717, 1.165) is 37.1 Å². The van der Waals surface area contributed by atoms with Gasteiger partial charge in [0.1, 0.15) is 0 Å². The number of hydrogen-bond donors (Lipinski definition) is 1. The Morgan fingerprint density at radius 3 is 2.60 bits per heavy atom. The molecule has 1 aromatic carbocycles. The van der Waals surface area contributed by atoms with Crippen LogP contribution in [0, 0.1) is 5.41 Å². The normalized spacial score (nSPS) is 18.6. The lowest BCUT2D eigenvalue weighted by Gasteiger charge is -2.23. The van der Waals surface area contributed by atoms with Crippen LogP contribution in [-0.4, -0.2) is 23.9 Å². The van der Waals surface area contributed by atoms with Crippen LogP contribution in [0.4, 0.5) is 0 Å². The van der Waals surface area contributed by atoms with Crippen LogP contribution in [0.25, 0.3) is 0 Å². The first-order valence-corrected chi connectivity index (χ1v) is 7.56. The Kier molecular flexibility index (Phi) is 4.81. The molecule has 0 bridgehead atoms. The number of hydrogen-bond acceptors (Lipinski definition) is 2. The lowest BCUT2D eigenvalue weighted by Crippen LogP contribution is -2.33. The van der Waals surface area contributed by atoms with E-state index in [4.69, 9.17) is 5.73 Å². The van der Waals surface area contributed by atoms with Crippen molar-refractivity contribution in [3.05, 3.63) is 35.4 Å². The van der Waals surface area contributed by atoms with Crippen molar-refractivity contribution in [1.82, 2.24) is 4.90 Å². The first-order chi connectivity index (χ1) is 9.52. The highest BCUT2D eigenvalue weighted by molar-refractivity contribution is 5.79. The number of carbonyl (C=O) groups is 1. The van der Waals surface area contributed by atoms with Gasteiger partial charge < -0.3 is 10.6 Å². The summed E-state index contributed by atoms with van der Waals surface area (Å²) < 4.78 is 0. The summed E-state index contributed by atoms with van der Waals surface area (Å²) in [5.41, 5.74) is 8.26. The molecule has 110 valence electrons. The molecule has 0 radical (unpaired) electrons. The third-order valence-corrected chi connectivity index (χ3v) is 4.37. The lowest BCUT2D eigenvalue weighted by molar-refractivity contribution is -0.130. The van der Waals surface area contributed by atoms with Crippen LogP contribution in [-0.2, 0) is 17.8 Å². The fourth-order valence-corrected chi connectivity index (χ4v) is 2.88. The molecule has 0 aliphatic carbocycles. The first-order valence-electron chi connectivity index (χ1n) is 7.56. The first kappa shape index (κ1) is 15.0. The molecule has 1 aromatic rings. The SMILES string of the molecule is CC1(C)CCCN(C(=O)Cc2ccccc2CN)CC1. The van der Waals surface area contributed by atoms with Gasteiger partial charge in [0.15, 0.2) is 0 Å². The highest BCUT2D eigenvalue weighted by atomic mass is 16.2. The Labute approximate surface area is 122 Å². The van der Waals surface area contributed by atoms with Gasteiger partial charge in [-0.2, -0.15) is 0 Å². The molecule has 0 atom stereocenters. The second-order valence-electron chi connectivity index (χ2n) is 6.55. The zero-order valence-corrected chi connectivity index (χ0v) is 12.7. The van der Waals surface area contributed by atoms with E-state index in [9.17, 15) is 4.79 Å². The lowest BCUT2D eigenvalue weighted by atomic mass is 9.85. The van der Waals surface area contributed by atoms with E-state index in [1.807, 2.05) is 29.2 Å². The average Bonchev–Trinajstić information content (AvgIpc) is 2.60.